The Balaban J connectivity index is 1.30. The minimum absolute atomic E-state index is 0.0672. The number of thiophene rings is 1. The van der Waals surface area contributed by atoms with Crippen LogP contribution >= 0.6 is 11.3 Å². The molecule has 1 aromatic carbocycles. The minimum Gasteiger partial charge on any atom is -0.481 e. The third kappa shape index (κ3) is 4.43. The smallest absolute Gasteiger partial charge is 0.308 e. The molecule has 0 bridgehead atoms. The van der Waals surface area contributed by atoms with Gasteiger partial charge in [-0.25, -0.2) is 0 Å². The quantitative estimate of drug-likeness (QED) is 0.474. The molecule has 8 nitrogen and oxygen atoms in total. The number of amides is 2. The number of carbonyl (C=O) groups is 4. The zero-order chi connectivity index (χ0) is 25.6. The first kappa shape index (κ1) is 24.2. The number of aromatic nitrogens is 1. The SMILES string of the molecule is CC(C)(NC(=O)Cc1csc2ccccc12)C(=O)N[C@H]1CCc2ccn3c2C1C(=O)C[C@H](C(=O)O)C3. The number of rotatable bonds is 6. The summed E-state index contributed by atoms with van der Waals surface area (Å²) in [5.41, 5.74) is 1.57. The standard InChI is InChI=1S/C27H29N3O5S/c1-27(2,29-22(32)12-17-14-36-21-6-4-3-5-18(17)21)26(35)28-19-8-7-15-9-10-30-13-16(25(33)34)11-20(31)23(19)24(15)30/h3-6,9-10,14,16,19,23H,7-8,11-13H2,1-2H3,(H,28,35)(H,29,32)(H,33,34)/t16-,19-,23?/m0/s1. The summed E-state index contributed by atoms with van der Waals surface area (Å²) >= 11 is 1.58. The average Bonchev–Trinajstić information content (AvgIpc) is 3.38. The van der Waals surface area contributed by atoms with Crippen molar-refractivity contribution >= 4 is 45.0 Å². The van der Waals surface area contributed by atoms with Gasteiger partial charge in [-0.3, -0.25) is 19.2 Å². The summed E-state index contributed by atoms with van der Waals surface area (Å²) < 4.78 is 2.97. The predicted molar refractivity (Wildman–Crippen MR) is 136 cm³/mol. The number of fused-ring (bicyclic) bond motifs is 1. The molecule has 9 heteroatoms. The van der Waals surface area contributed by atoms with E-state index in [0.29, 0.717) is 12.8 Å². The summed E-state index contributed by atoms with van der Waals surface area (Å²) in [5.74, 6) is -3.18. The molecule has 3 N–H and O–H groups in total. The Hall–Kier alpha value is -3.46. The Bertz CT molecular complexity index is 1370. The zero-order valence-electron chi connectivity index (χ0n) is 20.2. The number of Topliss-reactive ketones (excluding diaryl/α,β-unsaturated/α-hetero) is 1. The van der Waals surface area contributed by atoms with E-state index in [9.17, 15) is 24.3 Å². The first-order valence-corrected chi connectivity index (χ1v) is 13.0. The summed E-state index contributed by atoms with van der Waals surface area (Å²) in [4.78, 5) is 51.1. The van der Waals surface area contributed by atoms with E-state index >= 15 is 0 Å². The highest BCUT2D eigenvalue weighted by atomic mass is 32.1. The average molecular weight is 508 g/mol. The maximum Gasteiger partial charge on any atom is 0.308 e. The van der Waals surface area contributed by atoms with Gasteiger partial charge >= 0.3 is 5.97 Å². The van der Waals surface area contributed by atoms with Crippen molar-refractivity contribution in [2.24, 2.45) is 5.92 Å². The topological polar surface area (TPSA) is 118 Å². The lowest BCUT2D eigenvalue weighted by Gasteiger charge is -2.35. The van der Waals surface area contributed by atoms with Crippen LogP contribution in [0, 0.1) is 5.92 Å². The Morgan fingerprint density at radius 2 is 1.97 bits per heavy atom. The number of aryl methyl sites for hydroxylation is 1. The number of nitrogens with zero attached hydrogens (tertiary/aromatic N) is 1. The predicted octanol–water partition coefficient (Wildman–Crippen LogP) is 3.03. The summed E-state index contributed by atoms with van der Waals surface area (Å²) in [6, 6.07) is 9.37. The largest absolute Gasteiger partial charge is 0.481 e. The van der Waals surface area contributed by atoms with Gasteiger partial charge in [-0.15, -0.1) is 11.3 Å². The molecule has 1 aliphatic heterocycles. The van der Waals surface area contributed by atoms with Crippen molar-refractivity contribution in [1.82, 2.24) is 15.2 Å². The third-order valence-electron chi connectivity index (χ3n) is 7.32. The minimum atomic E-state index is -1.19. The van der Waals surface area contributed by atoms with Gasteiger partial charge in [0.1, 0.15) is 11.3 Å². The van der Waals surface area contributed by atoms with Gasteiger partial charge in [0.25, 0.3) is 0 Å². The highest BCUT2D eigenvalue weighted by molar-refractivity contribution is 7.17. The van der Waals surface area contributed by atoms with E-state index in [4.69, 9.17) is 0 Å². The second-order valence-electron chi connectivity index (χ2n) is 10.3. The molecule has 36 heavy (non-hydrogen) atoms. The molecule has 5 rings (SSSR count). The lowest BCUT2D eigenvalue weighted by Crippen LogP contribution is -2.58. The number of hydrogen-bond donors (Lipinski definition) is 3. The first-order chi connectivity index (χ1) is 17.1. The monoisotopic (exact) mass is 507 g/mol. The fourth-order valence-electron chi connectivity index (χ4n) is 5.46. The van der Waals surface area contributed by atoms with Crippen molar-refractivity contribution in [2.75, 3.05) is 0 Å². The van der Waals surface area contributed by atoms with Crippen LogP contribution < -0.4 is 10.6 Å². The fraction of sp³-hybridized carbons (Fsp3) is 0.407. The number of carboxylic acids is 1. The molecule has 2 amide bonds. The Morgan fingerprint density at radius 3 is 2.75 bits per heavy atom. The van der Waals surface area contributed by atoms with Crippen molar-refractivity contribution in [2.45, 2.75) is 63.6 Å². The molecule has 0 saturated carbocycles. The normalized spacial score (nSPS) is 21.5. The molecule has 0 saturated heterocycles. The van der Waals surface area contributed by atoms with Gasteiger partial charge < -0.3 is 20.3 Å². The molecule has 3 heterocycles. The number of carboxylic acid groups (broad SMARTS) is 1. The number of benzene rings is 1. The number of nitrogens with one attached hydrogen (secondary N) is 2. The van der Waals surface area contributed by atoms with E-state index < -0.39 is 29.4 Å². The molecular weight excluding hydrogens is 478 g/mol. The van der Waals surface area contributed by atoms with Crippen molar-refractivity contribution < 1.29 is 24.3 Å². The van der Waals surface area contributed by atoms with E-state index in [-0.39, 0.29) is 37.0 Å². The number of ketones is 1. The molecule has 2 aromatic heterocycles. The molecule has 1 unspecified atom stereocenters. The van der Waals surface area contributed by atoms with Crippen LogP contribution in [0.1, 0.15) is 49.4 Å². The van der Waals surface area contributed by atoms with Crippen molar-refractivity contribution in [1.29, 1.82) is 0 Å². The maximum atomic E-state index is 13.3. The van der Waals surface area contributed by atoms with Gasteiger partial charge in [-0.1, -0.05) is 18.2 Å². The van der Waals surface area contributed by atoms with Gasteiger partial charge in [-0.05, 0) is 60.7 Å². The highest BCUT2D eigenvalue weighted by Gasteiger charge is 2.43. The molecule has 3 atom stereocenters. The van der Waals surface area contributed by atoms with Crippen LogP contribution in [-0.2, 0) is 38.6 Å². The van der Waals surface area contributed by atoms with Crippen LogP contribution in [0.15, 0.2) is 41.9 Å². The van der Waals surface area contributed by atoms with E-state index in [1.165, 1.54) is 0 Å². The van der Waals surface area contributed by atoms with Crippen LogP contribution in [0.3, 0.4) is 0 Å². The second-order valence-corrected chi connectivity index (χ2v) is 11.2. The zero-order valence-corrected chi connectivity index (χ0v) is 21.1. The number of aliphatic carboxylic acids is 1. The highest BCUT2D eigenvalue weighted by Crippen LogP contribution is 2.38. The van der Waals surface area contributed by atoms with Crippen LogP contribution in [0.5, 0.6) is 0 Å². The van der Waals surface area contributed by atoms with Gasteiger partial charge in [0, 0.05) is 35.6 Å². The summed E-state index contributed by atoms with van der Waals surface area (Å²) in [6.07, 6.45) is 3.20. The Morgan fingerprint density at radius 1 is 1.19 bits per heavy atom. The molecule has 0 fully saturated rings. The molecule has 1 aliphatic carbocycles. The molecule has 2 aliphatic rings. The molecule has 0 spiro atoms. The third-order valence-corrected chi connectivity index (χ3v) is 8.34. The van der Waals surface area contributed by atoms with Crippen LogP contribution in [0.2, 0.25) is 0 Å². The molecule has 3 aromatic rings. The van der Waals surface area contributed by atoms with Crippen molar-refractivity contribution in [3.05, 3.63) is 58.7 Å². The van der Waals surface area contributed by atoms with E-state index in [0.717, 1.165) is 26.9 Å². The maximum absolute atomic E-state index is 13.3. The van der Waals surface area contributed by atoms with Gasteiger partial charge in [0.2, 0.25) is 11.8 Å². The van der Waals surface area contributed by atoms with E-state index in [1.54, 1.807) is 25.2 Å². The Labute approximate surface area is 212 Å². The molecule has 0 radical (unpaired) electrons. The van der Waals surface area contributed by atoms with E-state index in [2.05, 4.69) is 10.6 Å². The lowest BCUT2D eigenvalue weighted by atomic mass is 9.79. The first-order valence-electron chi connectivity index (χ1n) is 12.1. The number of carbonyl (C=O) groups excluding carboxylic acids is 3. The van der Waals surface area contributed by atoms with Gasteiger partial charge in [-0.2, -0.15) is 0 Å². The van der Waals surface area contributed by atoms with Crippen LogP contribution in [-0.4, -0.2) is 44.8 Å². The molecular formula is C27H29N3O5S. The summed E-state index contributed by atoms with van der Waals surface area (Å²) in [7, 11) is 0. The van der Waals surface area contributed by atoms with Gasteiger partial charge in [0.05, 0.1) is 18.3 Å². The van der Waals surface area contributed by atoms with Gasteiger partial charge in [0.15, 0.2) is 0 Å². The van der Waals surface area contributed by atoms with Crippen molar-refractivity contribution in [3.8, 4) is 0 Å². The fourth-order valence-corrected chi connectivity index (χ4v) is 6.42. The van der Waals surface area contributed by atoms with Crippen LogP contribution in [0.4, 0.5) is 0 Å². The van der Waals surface area contributed by atoms with Crippen molar-refractivity contribution in [3.63, 3.8) is 0 Å². The second kappa shape index (κ2) is 9.20. The summed E-state index contributed by atoms with van der Waals surface area (Å²) in [6.45, 7) is 3.54. The summed E-state index contributed by atoms with van der Waals surface area (Å²) in [5, 5.41) is 18.4. The number of hydrogen-bond acceptors (Lipinski definition) is 5. The lowest BCUT2D eigenvalue weighted by molar-refractivity contribution is -0.144. The molecule has 188 valence electrons. The van der Waals surface area contributed by atoms with E-state index in [1.807, 2.05) is 46.5 Å². The van der Waals surface area contributed by atoms with Crippen LogP contribution in [0.25, 0.3) is 10.1 Å². The Kier molecular flexibility index (Phi) is 6.20.